The summed E-state index contributed by atoms with van der Waals surface area (Å²) in [6.07, 6.45) is 1.11. The van der Waals surface area contributed by atoms with Crippen LogP contribution in [-0.2, 0) is 19.2 Å². The lowest BCUT2D eigenvalue weighted by Crippen LogP contribution is -2.40. The summed E-state index contributed by atoms with van der Waals surface area (Å²) >= 11 is 0. The van der Waals surface area contributed by atoms with Gasteiger partial charge in [-0.25, -0.2) is 0 Å². The maximum absolute atomic E-state index is 10.8. The molecule has 0 aromatic carbocycles. The fourth-order valence-electron chi connectivity index (χ4n) is 0.625. The summed E-state index contributed by atoms with van der Waals surface area (Å²) < 4.78 is 0. The molecule has 0 heterocycles. The quantitative estimate of drug-likeness (QED) is 0.251. The van der Waals surface area contributed by atoms with Gasteiger partial charge >= 0.3 is 0 Å². The summed E-state index contributed by atoms with van der Waals surface area (Å²) in [4.78, 5) is 39.2. The zero-order chi connectivity index (χ0) is 17.3. The molecule has 0 spiro atoms. The van der Waals surface area contributed by atoms with Gasteiger partial charge in [-0.15, -0.1) is 0 Å². The second-order valence-corrected chi connectivity index (χ2v) is 6.04. The average molecular weight is 340 g/mol. The lowest BCUT2D eigenvalue weighted by atomic mass is 10.3. The third-order valence-corrected chi connectivity index (χ3v) is 3.86. The van der Waals surface area contributed by atoms with E-state index in [1.807, 2.05) is 0 Å². The Morgan fingerprint density at radius 1 is 1.19 bits per heavy atom. The number of primary amides is 3. The lowest BCUT2D eigenvalue weighted by Gasteiger charge is -2.10. The number of carbonyl (C=O) groups excluding carboxylic acids is 4. The van der Waals surface area contributed by atoms with E-state index in [1.54, 1.807) is 7.05 Å². The highest BCUT2D eigenvalue weighted by atomic mass is 33.1. The van der Waals surface area contributed by atoms with Gasteiger partial charge in [0.25, 0.3) is 0 Å². The van der Waals surface area contributed by atoms with Crippen molar-refractivity contribution >= 4 is 45.6 Å². The zero-order valence-corrected chi connectivity index (χ0v) is 14.1. The molecule has 0 aliphatic rings. The number of aldehydes is 1. The molecule has 0 aliphatic carbocycles. The Bertz CT molecular complexity index is 313. The summed E-state index contributed by atoms with van der Waals surface area (Å²) in [7, 11) is 4.70. The smallest absolute Gasteiger partial charge is 0.235 e. The van der Waals surface area contributed by atoms with Gasteiger partial charge in [0, 0.05) is 24.9 Å². The topological polar surface area (TPSA) is 158 Å². The number of hydrogen-bond acceptors (Lipinski definition) is 7. The Kier molecular flexibility index (Phi) is 22.1. The second-order valence-electron chi connectivity index (χ2n) is 3.41. The highest BCUT2D eigenvalue weighted by Gasteiger charge is 2.12. The molecule has 1 unspecified atom stereocenters. The van der Waals surface area contributed by atoms with E-state index in [0.29, 0.717) is 17.9 Å². The summed E-state index contributed by atoms with van der Waals surface area (Å²) in [6.45, 7) is 2.75. The third-order valence-electron chi connectivity index (χ3n) is 1.44. The van der Waals surface area contributed by atoms with Crippen LogP contribution in [-0.4, -0.2) is 48.6 Å². The van der Waals surface area contributed by atoms with E-state index in [9.17, 15) is 14.4 Å². The summed E-state index contributed by atoms with van der Waals surface area (Å²) in [5.74, 6) is 0.249. The first-order valence-corrected chi connectivity index (χ1v) is 8.36. The van der Waals surface area contributed by atoms with Gasteiger partial charge in [0.2, 0.25) is 17.7 Å². The van der Waals surface area contributed by atoms with Crippen molar-refractivity contribution in [2.75, 3.05) is 18.6 Å². The predicted octanol–water partition coefficient (Wildman–Crippen LogP) is -0.987. The van der Waals surface area contributed by atoms with Gasteiger partial charge in [-0.05, 0) is 14.0 Å². The van der Waals surface area contributed by atoms with Crippen LogP contribution in [0.2, 0.25) is 0 Å². The lowest BCUT2D eigenvalue weighted by molar-refractivity contribution is -0.119. The van der Waals surface area contributed by atoms with E-state index < -0.39 is 0 Å². The molecule has 0 fully saturated rings. The van der Waals surface area contributed by atoms with Crippen LogP contribution in [0.3, 0.4) is 0 Å². The van der Waals surface area contributed by atoms with Crippen molar-refractivity contribution < 1.29 is 19.2 Å². The van der Waals surface area contributed by atoms with Crippen LogP contribution < -0.4 is 22.5 Å². The first-order chi connectivity index (χ1) is 9.72. The van der Waals surface area contributed by atoms with Crippen molar-refractivity contribution in [1.29, 1.82) is 0 Å². The molecule has 0 aromatic heterocycles. The molecule has 0 saturated carbocycles. The molecule has 0 saturated heterocycles. The monoisotopic (exact) mass is 340 g/mol. The minimum atomic E-state index is -0.365. The van der Waals surface area contributed by atoms with Crippen molar-refractivity contribution in [1.82, 2.24) is 5.32 Å². The zero-order valence-electron chi connectivity index (χ0n) is 12.5. The number of hydrogen-bond donors (Lipinski definition) is 4. The van der Waals surface area contributed by atoms with Gasteiger partial charge in [-0.1, -0.05) is 21.6 Å². The summed E-state index contributed by atoms with van der Waals surface area (Å²) in [5, 5.41) is 2.80. The van der Waals surface area contributed by atoms with Gasteiger partial charge in [0.05, 0.1) is 6.04 Å². The Hall–Kier alpha value is -1.26. The fourth-order valence-corrected chi connectivity index (χ4v) is 2.89. The maximum Gasteiger partial charge on any atom is 0.235 e. The molecule has 3 amide bonds. The number of nitrogens with one attached hydrogen (secondary N) is 1. The molecule has 10 heteroatoms. The minimum Gasteiger partial charge on any atom is -0.370 e. The van der Waals surface area contributed by atoms with Crippen LogP contribution in [0.1, 0.15) is 20.3 Å². The molecule has 0 aromatic rings. The van der Waals surface area contributed by atoms with E-state index in [1.165, 1.54) is 35.4 Å². The van der Waals surface area contributed by atoms with Gasteiger partial charge in [-0.2, -0.15) is 0 Å². The standard InChI is InChI=1S/C7H15N3O2S2.C2H5NO.C2H4O/c1-10-5(7(9)12)4-14-13-3-2-6(8)11;1-2(3)4;1-2-3/h5,10H,2-4H2,1H3,(H2,8,11)(H2,9,12);1H3,(H2,3,4);2H,1H3. The summed E-state index contributed by atoms with van der Waals surface area (Å²) in [5.41, 5.74) is 14.5. The normalized spacial score (nSPS) is 10.0. The molecule has 0 rings (SSSR count). The number of nitrogens with two attached hydrogens (primary N) is 3. The Labute approximate surface area is 132 Å². The molecule has 1 atom stereocenters. The van der Waals surface area contributed by atoms with Crippen molar-refractivity contribution in [3.63, 3.8) is 0 Å². The molecule has 8 nitrogen and oxygen atoms in total. The Balaban J connectivity index is -0.000000386. The number of amides is 3. The average Bonchev–Trinajstić information content (AvgIpc) is 2.33. The van der Waals surface area contributed by atoms with Crippen LogP contribution in [0.5, 0.6) is 0 Å². The molecular weight excluding hydrogens is 316 g/mol. The first kappa shape index (κ1) is 24.7. The Morgan fingerprint density at radius 3 is 1.90 bits per heavy atom. The van der Waals surface area contributed by atoms with Crippen LogP contribution in [0, 0.1) is 0 Å². The van der Waals surface area contributed by atoms with E-state index in [0.717, 1.165) is 6.29 Å². The molecule has 124 valence electrons. The second kappa shape index (κ2) is 18.7. The highest BCUT2D eigenvalue weighted by Crippen LogP contribution is 2.22. The fraction of sp³-hybridized carbons (Fsp3) is 0.636. The third kappa shape index (κ3) is 32.4. The minimum absolute atomic E-state index is 0.307. The summed E-state index contributed by atoms with van der Waals surface area (Å²) in [6, 6.07) is -0.318. The van der Waals surface area contributed by atoms with E-state index in [2.05, 4.69) is 11.1 Å². The molecular formula is C11H24N4O4S2. The maximum atomic E-state index is 10.8. The van der Waals surface area contributed by atoms with Crippen LogP contribution >= 0.6 is 21.6 Å². The number of carbonyl (C=O) groups is 4. The SMILES string of the molecule is CC(N)=O.CC=O.CNC(CSSCCC(N)=O)C(N)=O. The van der Waals surface area contributed by atoms with Crippen LogP contribution in [0.15, 0.2) is 0 Å². The van der Waals surface area contributed by atoms with E-state index in [-0.39, 0.29) is 23.8 Å². The van der Waals surface area contributed by atoms with Crippen LogP contribution in [0.25, 0.3) is 0 Å². The van der Waals surface area contributed by atoms with Gasteiger partial charge < -0.3 is 27.3 Å². The predicted molar refractivity (Wildman–Crippen MR) is 87.4 cm³/mol. The van der Waals surface area contributed by atoms with Gasteiger partial charge in [0.1, 0.15) is 6.29 Å². The highest BCUT2D eigenvalue weighted by molar-refractivity contribution is 8.76. The largest absolute Gasteiger partial charge is 0.370 e. The first-order valence-electron chi connectivity index (χ1n) is 5.87. The molecule has 0 radical (unpaired) electrons. The van der Waals surface area contributed by atoms with Gasteiger partial charge in [0.15, 0.2) is 0 Å². The molecule has 0 bridgehead atoms. The number of rotatable bonds is 8. The van der Waals surface area contributed by atoms with Crippen molar-refractivity contribution in [2.24, 2.45) is 17.2 Å². The molecule has 7 N–H and O–H groups in total. The molecule has 21 heavy (non-hydrogen) atoms. The van der Waals surface area contributed by atoms with E-state index in [4.69, 9.17) is 16.3 Å². The van der Waals surface area contributed by atoms with Crippen molar-refractivity contribution in [3.8, 4) is 0 Å². The van der Waals surface area contributed by atoms with Crippen LogP contribution in [0.4, 0.5) is 0 Å². The van der Waals surface area contributed by atoms with Gasteiger partial charge in [-0.3, -0.25) is 14.4 Å². The van der Waals surface area contributed by atoms with E-state index >= 15 is 0 Å². The van der Waals surface area contributed by atoms with Crippen molar-refractivity contribution in [3.05, 3.63) is 0 Å². The van der Waals surface area contributed by atoms with Crippen molar-refractivity contribution in [2.45, 2.75) is 26.3 Å². The number of likely N-dealkylation sites (N-methyl/N-ethyl adjacent to an activating group) is 1. The Morgan fingerprint density at radius 2 is 1.62 bits per heavy atom. The molecule has 0 aliphatic heterocycles.